The standard InChI is InChI=1S/C22H26ClN5O/c1-16-12-20(17-6-4-7-18(23)13-17)26-28(16)11-9-22(2,3)25-15-21(29)27-10-5-8-19(27)14-24/h4,6-8,12-13,25H,5,9-11,15H2,1-3H3. The molecule has 1 amide bonds. The Hall–Kier alpha value is -2.62. The Bertz CT molecular complexity index is 970. The van der Waals surface area contributed by atoms with Crippen molar-refractivity contribution >= 4 is 17.5 Å². The minimum atomic E-state index is -0.249. The lowest BCUT2D eigenvalue weighted by molar-refractivity contribution is -0.128. The van der Waals surface area contributed by atoms with Crippen LogP contribution in [0.25, 0.3) is 11.3 Å². The Morgan fingerprint density at radius 3 is 2.90 bits per heavy atom. The lowest BCUT2D eigenvalue weighted by atomic mass is 10.0. The van der Waals surface area contributed by atoms with Gasteiger partial charge in [-0.15, -0.1) is 0 Å². The topological polar surface area (TPSA) is 74.0 Å². The molecule has 0 aliphatic carbocycles. The van der Waals surface area contributed by atoms with E-state index in [9.17, 15) is 4.79 Å². The normalized spacial score (nSPS) is 14.0. The van der Waals surface area contributed by atoms with Crippen molar-refractivity contribution < 1.29 is 4.79 Å². The maximum absolute atomic E-state index is 12.4. The highest BCUT2D eigenvalue weighted by atomic mass is 35.5. The third-order valence-electron chi connectivity index (χ3n) is 5.17. The van der Waals surface area contributed by atoms with Gasteiger partial charge >= 0.3 is 0 Å². The molecule has 0 radical (unpaired) electrons. The van der Waals surface area contributed by atoms with Crippen molar-refractivity contribution in [2.24, 2.45) is 0 Å². The Morgan fingerprint density at radius 1 is 1.38 bits per heavy atom. The molecule has 0 unspecified atom stereocenters. The molecule has 0 fully saturated rings. The van der Waals surface area contributed by atoms with Crippen LogP contribution in [0.1, 0.15) is 32.4 Å². The molecule has 0 spiro atoms. The number of aryl methyl sites for hydroxylation is 2. The molecule has 3 rings (SSSR count). The molecular weight excluding hydrogens is 386 g/mol. The number of allylic oxidation sites excluding steroid dienone is 1. The number of nitriles is 1. The largest absolute Gasteiger partial charge is 0.303 e. The zero-order chi connectivity index (χ0) is 21.0. The van der Waals surface area contributed by atoms with Gasteiger partial charge in [-0.2, -0.15) is 10.4 Å². The molecule has 29 heavy (non-hydrogen) atoms. The van der Waals surface area contributed by atoms with Crippen molar-refractivity contribution in [1.29, 1.82) is 5.26 Å². The number of halogens is 1. The van der Waals surface area contributed by atoms with Gasteiger partial charge in [0.05, 0.1) is 12.2 Å². The Morgan fingerprint density at radius 2 is 2.17 bits per heavy atom. The molecule has 2 heterocycles. The fraction of sp³-hybridized carbons (Fsp3) is 0.409. The van der Waals surface area contributed by atoms with E-state index in [1.54, 1.807) is 11.0 Å². The molecule has 152 valence electrons. The van der Waals surface area contributed by atoms with Gasteiger partial charge in [-0.3, -0.25) is 9.48 Å². The van der Waals surface area contributed by atoms with Crippen LogP contribution < -0.4 is 5.32 Å². The molecule has 0 bridgehead atoms. The van der Waals surface area contributed by atoms with Crippen LogP contribution in [0.3, 0.4) is 0 Å². The maximum Gasteiger partial charge on any atom is 0.241 e. The molecule has 6 nitrogen and oxygen atoms in total. The highest BCUT2D eigenvalue weighted by Crippen LogP contribution is 2.23. The molecule has 0 saturated carbocycles. The van der Waals surface area contributed by atoms with Gasteiger partial charge < -0.3 is 10.2 Å². The summed E-state index contributed by atoms with van der Waals surface area (Å²) in [5.74, 6) is -0.0677. The summed E-state index contributed by atoms with van der Waals surface area (Å²) in [5, 5.41) is 17.8. The average molecular weight is 412 g/mol. The molecule has 7 heteroatoms. The van der Waals surface area contributed by atoms with Crippen molar-refractivity contribution in [3.63, 3.8) is 0 Å². The quantitative estimate of drug-likeness (QED) is 0.749. The fourth-order valence-electron chi connectivity index (χ4n) is 3.34. The van der Waals surface area contributed by atoms with Gasteiger partial charge in [0.2, 0.25) is 5.91 Å². The number of hydrogen-bond acceptors (Lipinski definition) is 4. The van der Waals surface area contributed by atoms with Gasteiger partial charge in [-0.1, -0.05) is 23.7 Å². The SMILES string of the molecule is Cc1cc(-c2cccc(Cl)c2)nn1CCC(C)(C)NCC(=O)N1CCC=C1C#N. The molecular formula is C22H26ClN5O. The predicted octanol–water partition coefficient (Wildman–Crippen LogP) is 3.91. The average Bonchev–Trinajstić information content (AvgIpc) is 3.31. The van der Waals surface area contributed by atoms with Gasteiger partial charge in [-0.25, -0.2) is 0 Å². The number of benzene rings is 1. The van der Waals surface area contributed by atoms with Crippen LogP contribution in [-0.4, -0.2) is 39.2 Å². The van der Waals surface area contributed by atoms with E-state index in [1.807, 2.05) is 35.9 Å². The Balaban J connectivity index is 1.57. The minimum Gasteiger partial charge on any atom is -0.303 e. The monoisotopic (exact) mass is 411 g/mol. The zero-order valence-corrected chi connectivity index (χ0v) is 17.8. The van der Waals surface area contributed by atoms with E-state index in [1.165, 1.54) is 0 Å². The Kier molecular flexibility index (Phi) is 6.41. The lowest BCUT2D eigenvalue weighted by Crippen LogP contribution is -2.46. The number of carbonyl (C=O) groups excluding carboxylic acids is 1. The second-order valence-corrected chi connectivity index (χ2v) is 8.36. The number of rotatable bonds is 7. The molecule has 1 aliphatic rings. The van der Waals surface area contributed by atoms with Gasteiger partial charge in [0, 0.05) is 34.9 Å². The van der Waals surface area contributed by atoms with Crippen molar-refractivity contribution in [3.05, 3.63) is 52.8 Å². The third-order valence-corrected chi connectivity index (χ3v) is 5.40. The molecule has 2 aromatic rings. The van der Waals surface area contributed by atoms with Crippen molar-refractivity contribution in [2.75, 3.05) is 13.1 Å². The summed E-state index contributed by atoms with van der Waals surface area (Å²) < 4.78 is 1.98. The molecule has 1 N–H and O–H groups in total. The highest BCUT2D eigenvalue weighted by molar-refractivity contribution is 6.30. The van der Waals surface area contributed by atoms with E-state index in [0.29, 0.717) is 17.3 Å². The minimum absolute atomic E-state index is 0.0677. The molecule has 1 aromatic carbocycles. The second-order valence-electron chi connectivity index (χ2n) is 7.93. The van der Waals surface area contributed by atoms with Crippen LogP contribution in [0.2, 0.25) is 5.02 Å². The summed E-state index contributed by atoms with van der Waals surface area (Å²) in [4.78, 5) is 14.0. The number of hydrogen-bond donors (Lipinski definition) is 1. The van der Waals surface area contributed by atoms with Crippen molar-refractivity contribution in [1.82, 2.24) is 20.0 Å². The van der Waals surface area contributed by atoms with Gasteiger partial charge in [0.15, 0.2) is 0 Å². The van der Waals surface area contributed by atoms with E-state index >= 15 is 0 Å². The predicted molar refractivity (Wildman–Crippen MR) is 114 cm³/mol. The number of nitrogens with zero attached hydrogens (tertiary/aromatic N) is 4. The summed E-state index contributed by atoms with van der Waals surface area (Å²) in [6.07, 6.45) is 3.35. The number of amides is 1. The van der Waals surface area contributed by atoms with E-state index in [4.69, 9.17) is 22.0 Å². The summed E-state index contributed by atoms with van der Waals surface area (Å²) in [6, 6.07) is 11.8. The lowest BCUT2D eigenvalue weighted by Gasteiger charge is -2.27. The van der Waals surface area contributed by atoms with Crippen LogP contribution in [0.5, 0.6) is 0 Å². The smallest absolute Gasteiger partial charge is 0.241 e. The molecule has 0 atom stereocenters. The number of carbonyl (C=O) groups is 1. The molecule has 0 saturated heterocycles. The summed E-state index contributed by atoms with van der Waals surface area (Å²) in [7, 11) is 0. The van der Waals surface area contributed by atoms with Crippen molar-refractivity contribution in [2.45, 2.75) is 45.7 Å². The zero-order valence-electron chi connectivity index (χ0n) is 17.1. The second kappa shape index (κ2) is 8.81. The third kappa shape index (κ3) is 5.26. The van der Waals surface area contributed by atoms with Crippen LogP contribution in [0, 0.1) is 18.3 Å². The maximum atomic E-state index is 12.4. The van der Waals surface area contributed by atoms with Crippen molar-refractivity contribution in [3.8, 4) is 17.3 Å². The summed E-state index contributed by atoms with van der Waals surface area (Å²) in [6.45, 7) is 7.70. The first-order valence-corrected chi connectivity index (χ1v) is 10.1. The van der Waals surface area contributed by atoms with Gasteiger partial charge in [-0.05, 0) is 57.9 Å². The van der Waals surface area contributed by atoms with Gasteiger partial charge in [0.25, 0.3) is 0 Å². The van der Waals surface area contributed by atoms with E-state index in [0.717, 1.165) is 36.3 Å². The van der Waals surface area contributed by atoms with Crippen LogP contribution in [-0.2, 0) is 11.3 Å². The number of aromatic nitrogens is 2. The van der Waals surface area contributed by atoms with Crippen LogP contribution in [0.15, 0.2) is 42.1 Å². The van der Waals surface area contributed by atoms with E-state index in [-0.39, 0.29) is 18.0 Å². The first-order valence-electron chi connectivity index (χ1n) is 9.75. The summed E-state index contributed by atoms with van der Waals surface area (Å²) in [5.41, 5.74) is 3.17. The summed E-state index contributed by atoms with van der Waals surface area (Å²) >= 11 is 6.09. The highest BCUT2D eigenvalue weighted by Gasteiger charge is 2.24. The van der Waals surface area contributed by atoms with Crippen LogP contribution >= 0.6 is 11.6 Å². The van der Waals surface area contributed by atoms with E-state index < -0.39 is 0 Å². The Labute approximate surface area is 176 Å². The van der Waals surface area contributed by atoms with Gasteiger partial charge in [0.1, 0.15) is 11.8 Å². The first kappa shape index (κ1) is 21.1. The van der Waals surface area contributed by atoms with Crippen LogP contribution in [0.4, 0.5) is 0 Å². The van der Waals surface area contributed by atoms with E-state index in [2.05, 4.69) is 31.3 Å². The first-order chi connectivity index (χ1) is 13.8. The molecule has 1 aliphatic heterocycles. The molecule has 1 aromatic heterocycles. The number of nitrogens with one attached hydrogen (secondary N) is 1. The fourth-order valence-corrected chi connectivity index (χ4v) is 3.53.